The molecular formula is C12H13FO5S. The predicted molar refractivity (Wildman–Crippen MR) is 64.8 cm³/mol. The van der Waals surface area contributed by atoms with Crippen molar-refractivity contribution in [1.29, 1.82) is 0 Å². The summed E-state index contributed by atoms with van der Waals surface area (Å²) < 4.78 is 42.2. The van der Waals surface area contributed by atoms with Crippen LogP contribution in [0.5, 0.6) is 5.75 Å². The second kappa shape index (κ2) is 5.16. The smallest absolute Gasteiger partial charge is 0.469 e. The number of esters is 1. The van der Waals surface area contributed by atoms with Crippen LogP contribution in [0.4, 0.5) is 3.89 Å². The summed E-state index contributed by atoms with van der Waals surface area (Å²) in [6.45, 7) is 0. The number of methoxy groups -OCH3 is 1. The third-order valence-electron chi connectivity index (χ3n) is 3.11. The first-order chi connectivity index (χ1) is 8.90. The van der Waals surface area contributed by atoms with Crippen LogP contribution in [0.15, 0.2) is 18.2 Å². The highest BCUT2D eigenvalue weighted by Crippen LogP contribution is 2.34. The van der Waals surface area contributed by atoms with Crippen LogP contribution in [0.1, 0.15) is 29.9 Å². The number of ether oxygens (including phenoxy) is 1. The SMILES string of the molecule is COC(=O)C1CCCc2cc(OS(=O)(=O)F)ccc21. The van der Waals surface area contributed by atoms with Crippen molar-refractivity contribution in [2.75, 3.05) is 7.11 Å². The second-order valence-corrected chi connectivity index (χ2v) is 5.26. The molecule has 0 aromatic heterocycles. The largest absolute Gasteiger partial charge is 0.488 e. The van der Waals surface area contributed by atoms with Crippen molar-refractivity contribution in [3.8, 4) is 5.75 Å². The van der Waals surface area contributed by atoms with E-state index in [1.165, 1.54) is 19.2 Å². The van der Waals surface area contributed by atoms with Gasteiger partial charge in [0, 0.05) is 0 Å². The van der Waals surface area contributed by atoms with Crippen molar-refractivity contribution < 1.29 is 26.0 Å². The predicted octanol–water partition coefficient (Wildman–Crippen LogP) is 1.87. The van der Waals surface area contributed by atoms with E-state index in [0.717, 1.165) is 17.5 Å². The van der Waals surface area contributed by atoms with Crippen LogP contribution in [0, 0.1) is 0 Å². The Labute approximate surface area is 110 Å². The summed E-state index contributed by atoms with van der Waals surface area (Å²) in [5, 5.41) is 0. The molecule has 0 bridgehead atoms. The third-order valence-corrected chi connectivity index (χ3v) is 3.50. The van der Waals surface area contributed by atoms with E-state index in [4.69, 9.17) is 4.74 Å². The van der Waals surface area contributed by atoms with Crippen LogP contribution in [0.3, 0.4) is 0 Å². The Kier molecular flexibility index (Phi) is 3.75. The van der Waals surface area contributed by atoms with Crippen LogP contribution in [-0.4, -0.2) is 21.5 Å². The molecule has 1 aliphatic carbocycles. The maximum absolute atomic E-state index is 12.4. The van der Waals surface area contributed by atoms with E-state index >= 15 is 0 Å². The number of aryl methyl sites for hydroxylation is 1. The Bertz CT molecular complexity index is 596. The van der Waals surface area contributed by atoms with Crippen molar-refractivity contribution in [2.24, 2.45) is 0 Å². The Morgan fingerprint density at radius 3 is 2.79 bits per heavy atom. The molecule has 1 aromatic rings. The van der Waals surface area contributed by atoms with E-state index in [9.17, 15) is 17.1 Å². The van der Waals surface area contributed by atoms with Gasteiger partial charge in [-0.1, -0.05) is 9.95 Å². The first kappa shape index (κ1) is 13.8. The number of hydrogen-bond donors (Lipinski definition) is 0. The fourth-order valence-electron chi connectivity index (χ4n) is 2.34. The molecule has 0 heterocycles. The number of fused-ring (bicyclic) bond motifs is 1. The van der Waals surface area contributed by atoms with Crippen LogP contribution < -0.4 is 4.18 Å². The van der Waals surface area contributed by atoms with Gasteiger partial charge in [0.15, 0.2) is 0 Å². The number of benzene rings is 1. The lowest BCUT2D eigenvalue weighted by atomic mass is 9.83. The van der Waals surface area contributed by atoms with Gasteiger partial charge >= 0.3 is 16.5 Å². The average Bonchev–Trinajstić information content (AvgIpc) is 2.35. The van der Waals surface area contributed by atoms with Crippen molar-refractivity contribution >= 4 is 16.5 Å². The topological polar surface area (TPSA) is 69.7 Å². The molecule has 1 atom stereocenters. The summed E-state index contributed by atoms with van der Waals surface area (Å²) in [5.74, 6) is -0.774. The standard InChI is InChI=1S/C12H13FO5S/c1-17-12(14)11-4-2-3-8-7-9(5-6-10(8)11)18-19(13,15)16/h5-7,11H,2-4H2,1H3. The van der Waals surface area contributed by atoms with Crippen molar-refractivity contribution in [3.05, 3.63) is 29.3 Å². The maximum atomic E-state index is 12.4. The zero-order chi connectivity index (χ0) is 14.0. The monoisotopic (exact) mass is 288 g/mol. The summed E-state index contributed by atoms with van der Waals surface area (Å²) in [7, 11) is -3.71. The van der Waals surface area contributed by atoms with E-state index in [1.807, 2.05) is 0 Å². The molecule has 1 aromatic carbocycles. The van der Waals surface area contributed by atoms with Gasteiger partial charge in [0.05, 0.1) is 13.0 Å². The van der Waals surface area contributed by atoms with Crippen molar-refractivity contribution in [1.82, 2.24) is 0 Å². The third kappa shape index (κ3) is 3.23. The van der Waals surface area contributed by atoms with Crippen LogP contribution in [-0.2, 0) is 26.5 Å². The molecule has 7 heteroatoms. The molecule has 0 saturated heterocycles. The van der Waals surface area contributed by atoms with Gasteiger partial charge in [-0.3, -0.25) is 4.79 Å². The molecule has 0 amide bonds. The Balaban J connectivity index is 2.33. The molecule has 0 spiro atoms. The lowest BCUT2D eigenvalue weighted by Gasteiger charge is -2.23. The molecule has 1 aliphatic rings. The van der Waals surface area contributed by atoms with Crippen LogP contribution >= 0.6 is 0 Å². The number of carbonyl (C=O) groups is 1. The number of hydrogen-bond acceptors (Lipinski definition) is 5. The van der Waals surface area contributed by atoms with Crippen LogP contribution in [0.2, 0.25) is 0 Å². The highest BCUT2D eigenvalue weighted by atomic mass is 32.3. The molecule has 0 aliphatic heterocycles. The fourth-order valence-corrected chi connectivity index (χ4v) is 2.68. The summed E-state index contributed by atoms with van der Waals surface area (Å²) in [4.78, 5) is 11.6. The molecule has 2 rings (SSSR count). The molecule has 0 fully saturated rings. The number of carbonyl (C=O) groups excluding carboxylic acids is 1. The van der Waals surface area contributed by atoms with Gasteiger partial charge in [-0.2, -0.15) is 8.42 Å². The first-order valence-corrected chi connectivity index (χ1v) is 7.06. The van der Waals surface area contributed by atoms with E-state index in [2.05, 4.69) is 4.18 Å². The van der Waals surface area contributed by atoms with Gasteiger partial charge < -0.3 is 8.92 Å². The highest BCUT2D eigenvalue weighted by Gasteiger charge is 2.27. The summed E-state index contributed by atoms with van der Waals surface area (Å²) in [6.07, 6.45) is 2.15. The van der Waals surface area contributed by atoms with Gasteiger partial charge in [-0.25, -0.2) is 0 Å². The highest BCUT2D eigenvalue weighted by molar-refractivity contribution is 7.81. The van der Waals surface area contributed by atoms with E-state index < -0.39 is 10.5 Å². The average molecular weight is 288 g/mol. The lowest BCUT2D eigenvalue weighted by Crippen LogP contribution is -2.19. The summed E-state index contributed by atoms with van der Waals surface area (Å²) in [6, 6.07) is 4.36. The normalized spacial score (nSPS) is 18.5. The number of rotatable bonds is 3. The van der Waals surface area contributed by atoms with Gasteiger partial charge in [0.25, 0.3) is 0 Å². The van der Waals surface area contributed by atoms with Crippen molar-refractivity contribution in [2.45, 2.75) is 25.2 Å². The minimum Gasteiger partial charge on any atom is -0.469 e. The molecule has 5 nitrogen and oxygen atoms in total. The Morgan fingerprint density at radius 2 is 2.16 bits per heavy atom. The van der Waals surface area contributed by atoms with Gasteiger partial charge in [-0.05, 0) is 42.5 Å². The lowest BCUT2D eigenvalue weighted by molar-refractivity contribution is -0.142. The molecular weight excluding hydrogens is 275 g/mol. The minimum absolute atomic E-state index is 0.0910. The molecule has 19 heavy (non-hydrogen) atoms. The summed E-state index contributed by atoms with van der Waals surface area (Å²) in [5.41, 5.74) is 1.56. The zero-order valence-corrected chi connectivity index (χ0v) is 11.1. The summed E-state index contributed by atoms with van der Waals surface area (Å²) >= 11 is 0. The van der Waals surface area contributed by atoms with E-state index in [0.29, 0.717) is 12.8 Å². The van der Waals surface area contributed by atoms with Gasteiger partial charge in [-0.15, -0.1) is 0 Å². The quantitative estimate of drug-likeness (QED) is 0.627. The first-order valence-electron chi connectivity index (χ1n) is 5.75. The van der Waals surface area contributed by atoms with Crippen LogP contribution in [0.25, 0.3) is 0 Å². The zero-order valence-electron chi connectivity index (χ0n) is 10.3. The minimum atomic E-state index is -5.03. The van der Waals surface area contributed by atoms with Crippen molar-refractivity contribution in [3.63, 3.8) is 0 Å². The van der Waals surface area contributed by atoms with E-state index in [1.54, 1.807) is 6.07 Å². The Hall–Kier alpha value is -1.63. The maximum Gasteiger partial charge on any atom is 0.488 e. The second-order valence-electron chi connectivity index (χ2n) is 4.31. The fraction of sp³-hybridized carbons (Fsp3) is 0.417. The van der Waals surface area contributed by atoms with Gasteiger partial charge in [0.1, 0.15) is 5.75 Å². The molecule has 0 N–H and O–H groups in total. The molecule has 1 unspecified atom stereocenters. The van der Waals surface area contributed by atoms with E-state index in [-0.39, 0.29) is 17.6 Å². The number of halogens is 1. The molecule has 0 saturated carbocycles. The Morgan fingerprint density at radius 1 is 1.42 bits per heavy atom. The van der Waals surface area contributed by atoms with Gasteiger partial charge in [0.2, 0.25) is 0 Å². The molecule has 0 radical (unpaired) electrons. The molecule has 104 valence electrons.